The summed E-state index contributed by atoms with van der Waals surface area (Å²) in [6.07, 6.45) is 1.31. The molecule has 29 heavy (non-hydrogen) atoms. The molecule has 0 radical (unpaired) electrons. The molecule has 152 valence electrons. The molecule has 2 N–H and O–H groups in total. The summed E-state index contributed by atoms with van der Waals surface area (Å²) < 4.78 is 10.8. The predicted octanol–water partition coefficient (Wildman–Crippen LogP) is 2.36. The summed E-state index contributed by atoms with van der Waals surface area (Å²) in [5, 5.41) is 7.64. The lowest BCUT2D eigenvalue weighted by Crippen LogP contribution is -2.27. The van der Waals surface area contributed by atoms with E-state index in [4.69, 9.17) is 9.47 Å². The van der Waals surface area contributed by atoms with Gasteiger partial charge in [-0.05, 0) is 44.0 Å². The quantitative estimate of drug-likeness (QED) is 0.502. The van der Waals surface area contributed by atoms with E-state index >= 15 is 0 Å². The van der Waals surface area contributed by atoms with E-state index in [-0.39, 0.29) is 13.2 Å². The van der Waals surface area contributed by atoms with Crippen LogP contribution in [0.3, 0.4) is 0 Å². The number of hydrogen-bond acceptors (Lipinski definition) is 6. The van der Waals surface area contributed by atoms with Gasteiger partial charge < -0.3 is 9.47 Å². The number of hydrogen-bond donors (Lipinski definition) is 2. The van der Waals surface area contributed by atoms with E-state index in [9.17, 15) is 9.59 Å². The molecule has 0 saturated carbocycles. The van der Waals surface area contributed by atoms with E-state index in [1.54, 1.807) is 19.1 Å². The highest BCUT2D eigenvalue weighted by Gasteiger charge is 2.04. The predicted molar refractivity (Wildman–Crippen MR) is 111 cm³/mol. The third-order valence-corrected chi connectivity index (χ3v) is 3.70. The minimum Gasteiger partial charge on any atom is -0.483 e. The first-order chi connectivity index (χ1) is 14.0. The SMILES string of the molecule is CC(/C=N\NC(=O)COc1ccccc1C)=N/NC(=O)COc1ccccc1C. The number of nitrogens with zero attached hydrogens (tertiary/aromatic N) is 2. The van der Waals surface area contributed by atoms with Crippen LogP contribution in [0.1, 0.15) is 18.1 Å². The molecule has 0 atom stereocenters. The maximum absolute atomic E-state index is 11.8. The number of para-hydroxylation sites is 2. The molecule has 2 rings (SSSR count). The standard InChI is InChI=1S/C21H24N4O4/c1-15-8-4-6-10-18(15)28-13-20(26)24-22-12-17(3)23-25-21(27)14-29-19-11-7-5-9-16(19)2/h4-12H,13-14H2,1-3H3,(H,24,26)(H,25,27)/b22-12-,23-17-. The Balaban J connectivity index is 1.69. The van der Waals surface area contributed by atoms with Crippen molar-refractivity contribution in [1.82, 2.24) is 10.9 Å². The number of rotatable bonds is 9. The van der Waals surface area contributed by atoms with Gasteiger partial charge in [0.25, 0.3) is 11.8 Å². The molecule has 2 amide bonds. The average Bonchev–Trinajstić information content (AvgIpc) is 2.71. The number of benzene rings is 2. The smallest absolute Gasteiger partial charge is 0.277 e. The molecule has 2 aromatic carbocycles. The second kappa shape index (κ2) is 11.2. The monoisotopic (exact) mass is 396 g/mol. The number of ether oxygens (including phenoxy) is 2. The first-order valence-corrected chi connectivity index (χ1v) is 8.97. The van der Waals surface area contributed by atoms with E-state index in [2.05, 4.69) is 21.1 Å². The van der Waals surface area contributed by atoms with Crippen LogP contribution in [-0.4, -0.2) is 37.0 Å². The number of aryl methyl sites for hydroxylation is 2. The van der Waals surface area contributed by atoms with Crippen molar-refractivity contribution in [3.63, 3.8) is 0 Å². The minimum atomic E-state index is -0.409. The Hall–Kier alpha value is -3.68. The Labute approximate surface area is 169 Å². The molecule has 0 aliphatic rings. The van der Waals surface area contributed by atoms with Crippen LogP contribution in [-0.2, 0) is 9.59 Å². The fraction of sp³-hybridized carbons (Fsp3) is 0.238. The average molecular weight is 396 g/mol. The molecule has 0 unspecified atom stereocenters. The fourth-order valence-electron chi connectivity index (χ4n) is 2.16. The lowest BCUT2D eigenvalue weighted by atomic mass is 10.2. The van der Waals surface area contributed by atoms with E-state index in [1.807, 2.05) is 50.2 Å². The summed E-state index contributed by atoms with van der Waals surface area (Å²) in [4.78, 5) is 23.5. The van der Waals surface area contributed by atoms with Gasteiger partial charge in [-0.3, -0.25) is 9.59 Å². The van der Waals surface area contributed by atoms with Crippen LogP contribution in [0.15, 0.2) is 58.7 Å². The Morgan fingerprint density at radius 2 is 1.34 bits per heavy atom. The highest BCUT2D eigenvalue weighted by molar-refractivity contribution is 6.29. The molecule has 0 aromatic heterocycles. The van der Waals surface area contributed by atoms with Crippen LogP contribution in [0.4, 0.5) is 0 Å². The Morgan fingerprint density at radius 1 is 0.862 bits per heavy atom. The number of carbonyl (C=O) groups is 2. The summed E-state index contributed by atoms with van der Waals surface area (Å²) in [7, 11) is 0. The zero-order valence-corrected chi connectivity index (χ0v) is 16.6. The van der Waals surface area contributed by atoms with Crippen molar-refractivity contribution in [2.75, 3.05) is 13.2 Å². The highest BCUT2D eigenvalue weighted by Crippen LogP contribution is 2.16. The van der Waals surface area contributed by atoms with Crippen LogP contribution < -0.4 is 20.3 Å². The zero-order valence-electron chi connectivity index (χ0n) is 16.6. The lowest BCUT2D eigenvalue weighted by Gasteiger charge is -2.07. The zero-order chi connectivity index (χ0) is 21.1. The van der Waals surface area contributed by atoms with Crippen LogP contribution in [0, 0.1) is 13.8 Å². The van der Waals surface area contributed by atoms with E-state index < -0.39 is 11.8 Å². The molecule has 2 aromatic rings. The van der Waals surface area contributed by atoms with Crippen molar-refractivity contribution in [1.29, 1.82) is 0 Å². The van der Waals surface area contributed by atoms with E-state index in [1.165, 1.54) is 6.21 Å². The van der Waals surface area contributed by atoms with Gasteiger partial charge in [-0.1, -0.05) is 36.4 Å². The second-order valence-corrected chi connectivity index (χ2v) is 6.19. The van der Waals surface area contributed by atoms with Gasteiger partial charge in [0.15, 0.2) is 13.2 Å². The van der Waals surface area contributed by atoms with Gasteiger partial charge in [0.1, 0.15) is 11.5 Å². The molecule has 0 aliphatic carbocycles. The lowest BCUT2D eigenvalue weighted by molar-refractivity contribution is -0.123. The van der Waals surface area contributed by atoms with Crippen LogP contribution in [0.5, 0.6) is 11.5 Å². The normalized spacial score (nSPS) is 11.2. The van der Waals surface area contributed by atoms with Crippen molar-refractivity contribution in [2.24, 2.45) is 10.2 Å². The first-order valence-electron chi connectivity index (χ1n) is 8.97. The third-order valence-electron chi connectivity index (χ3n) is 3.70. The molecule has 0 fully saturated rings. The van der Waals surface area contributed by atoms with E-state index in [0.717, 1.165) is 11.1 Å². The van der Waals surface area contributed by atoms with Crippen LogP contribution in [0.25, 0.3) is 0 Å². The molecule has 0 bridgehead atoms. The molecular formula is C21H24N4O4. The van der Waals surface area contributed by atoms with Crippen molar-refractivity contribution in [3.05, 3.63) is 59.7 Å². The largest absolute Gasteiger partial charge is 0.483 e. The van der Waals surface area contributed by atoms with Crippen molar-refractivity contribution in [2.45, 2.75) is 20.8 Å². The summed E-state index contributed by atoms with van der Waals surface area (Å²) in [5.41, 5.74) is 6.97. The third kappa shape index (κ3) is 7.84. The molecule has 8 heteroatoms. The first kappa shape index (κ1) is 21.6. The van der Waals surface area contributed by atoms with Crippen LogP contribution >= 0.6 is 0 Å². The number of carbonyl (C=O) groups excluding carboxylic acids is 2. The maximum Gasteiger partial charge on any atom is 0.277 e. The summed E-state index contributed by atoms with van der Waals surface area (Å²) >= 11 is 0. The Bertz CT molecular complexity index is 909. The van der Waals surface area contributed by atoms with Gasteiger partial charge in [0.2, 0.25) is 0 Å². The molecule has 8 nitrogen and oxygen atoms in total. The van der Waals surface area contributed by atoms with Crippen LogP contribution in [0.2, 0.25) is 0 Å². The summed E-state index contributed by atoms with van der Waals surface area (Å²) in [5.74, 6) is 0.463. The highest BCUT2D eigenvalue weighted by atomic mass is 16.5. The van der Waals surface area contributed by atoms with Gasteiger partial charge >= 0.3 is 0 Å². The van der Waals surface area contributed by atoms with Crippen molar-refractivity contribution < 1.29 is 19.1 Å². The van der Waals surface area contributed by atoms with E-state index in [0.29, 0.717) is 17.2 Å². The Morgan fingerprint density at radius 3 is 1.86 bits per heavy atom. The fourth-order valence-corrected chi connectivity index (χ4v) is 2.16. The second-order valence-electron chi connectivity index (χ2n) is 6.19. The maximum atomic E-state index is 11.8. The number of nitrogens with one attached hydrogen (secondary N) is 2. The molecule has 0 spiro atoms. The van der Waals surface area contributed by atoms with Crippen molar-refractivity contribution in [3.8, 4) is 11.5 Å². The van der Waals surface area contributed by atoms with Gasteiger partial charge in [-0.15, -0.1) is 0 Å². The summed E-state index contributed by atoms with van der Waals surface area (Å²) in [6, 6.07) is 14.8. The topological polar surface area (TPSA) is 101 Å². The summed E-state index contributed by atoms with van der Waals surface area (Å²) in [6.45, 7) is 5.09. The molecule has 0 heterocycles. The molecular weight excluding hydrogens is 372 g/mol. The van der Waals surface area contributed by atoms with Crippen molar-refractivity contribution >= 4 is 23.7 Å². The molecule has 0 saturated heterocycles. The Kier molecular flexibility index (Phi) is 8.37. The van der Waals surface area contributed by atoms with Gasteiger partial charge in [-0.2, -0.15) is 10.2 Å². The van der Waals surface area contributed by atoms with Gasteiger partial charge in [0, 0.05) is 0 Å². The minimum absolute atomic E-state index is 0.161. The molecule has 0 aliphatic heterocycles. The van der Waals surface area contributed by atoms with Gasteiger partial charge in [0.05, 0.1) is 11.9 Å². The van der Waals surface area contributed by atoms with Gasteiger partial charge in [-0.25, -0.2) is 10.9 Å². The number of hydrazone groups is 2. The number of amides is 2.